The smallest absolute Gasteiger partial charge is 0.309 e. The molecule has 0 bridgehead atoms. The maximum atomic E-state index is 12.0. The van der Waals surface area contributed by atoms with Gasteiger partial charge in [0.1, 0.15) is 5.76 Å². The Morgan fingerprint density at radius 1 is 1.12 bits per heavy atom. The fraction of sp³-hybridized carbons (Fsp3) is 0.176. The predicted octanol–water partition coefficient (Wildman–Crippen LogP) is 1.60. The third kappa shape index (κ3) is 3.81. The fourth-order valence-electron chi connectivity index (χ4n) is 2.29. The number of thiophene rings is 1. The second kappa shape index (κ2) is 7.37. The van der Waals surface area contributed by atoms with Crippen molar-refractivity contribution in [2.75, 3.05) is 6.54 Å². The van der Waals surface area contributed by atoms with Crippen molar-refractivity contribution in [2.45, 2.75) is 12.1 Å². The molecule has 3 heterocycles. The van der Waals surface area contributed by atoms with E-state index in [0.717, 1.165) is 4.88 Å². The second-order valence-corrected chi connectivity index (χ2v) is 6.33. The highest BCUT2D eigenvalue weighted by atomic mass is 32.1. The van der Waals surface area contributed by atoms with Crippen LogP contribution < -0.4 is 10.6 Å². The second-order valence-electron chi connectivity index (χ2n) is 5.29. The van der Waals surface area contributed by atoms with Crippen LogP contribution in [-0.4, -0.2) is 23.5 Å². The molecular weight excluding hydrogens is 344 g/mol. The van der Waals surface area contributed by atoms with Gasteiger partial charge in [0.15, 0.2) is 5.60 Å². The third-order valence-electron chi connectivity index (χ3n) is 3.64. The number of furan rings is 2. The van der Waals surface area contributed by atoms with Crippen molar-refractivity contribution in [2.24, 2.45) is 0 Å². The number of aliphatic hydroxyl groups is 1. The van der Waals surface area contributed by atoms with E-state index in [1.54, 1.807) is 18.2 Å². The predicted molar refractivity (Wildman–Crippen MR) is 89.6 cm³/mol. The topological polar surface area (TPSA) is 105 Å². The zero-order valence-corrected chi connectivity index (χ0v) is 13.9. The first-order valence-electron chi connectivity index (χ1n) is 7.47. The molecule has 8 heteroatoms. The van der Waals surface area contributed by atoms with Crippen molar-refractivity contribution >= 4 is 23.2 Å². The van der Waals surface area contributed by atoms with Crippen molar-refractivity contribution < 1.29 is 23.5 Å². The summed E-state index contributed by atoms with van der Waals surface area (Å²) < 4.78 is 10.3. The normalized spacial score (nSPS) is 13.2. The van der Waals surface area contributed by atoms with Gasteiger partial charge in [0.2, 0.25) is 0 Å². The summed E-state index contributed by atoms with van der Waals surface area (Å²) in [6.07, 6.45) is 4.17. The molecule has 3 aromatic rings. The number of carbonyl (C=O) groups excluding carboxylic acids is 2. The van der Waals surface area contributed by atoms with Crippen LogP contribution in [0.25, 0.3) is 0 Å². The molecular formula is C17H16N2O5S. The van der Waals surface area contributed by atoms with Crippen LogP contribution in [0.3, 0.4) is 0 Å². The highest BCUT2D eigenvalue weighted by Crippen LogP contribution is 2.29. The molecule has 0 fully saturated rings. The average Bonchev–Trinajstić information content (AvgIpc) is 3.38. The summed E-state index contributed by atoms with van der Waals surface area (Å²) >= 11 is 1.48. The summed E-state index contributed by atoms with van der Waals surface area (Å²) in [7, 11) is 0. The van der Waals surface area contributed by atoms with E-state index < -0.39 is 17.4 Å². The van der Waals surface area contributed by atoms with Crippen molar-refractivity contribution in [1.82, 2.24) is 10.6 Å². The zero-order valence-electron chi connectivity index (χ0n) is 13.1. The van der Waals surface area contributed by atoms with E-state index in [1.807, 2.05) is 17.5 Å². The molecule has 0 aromatic carbocycles. The summed E-state index contributed by atoms with van der Waals surface area (Å²) in [5.74, 6) is -1.39. The monoisotopic (exact) mass is 360 g/mol. The molecule has 3 aromatic heterocycles. The molecule has 3 N–H and O–H groups in total. The number of carbonyl (C=O) groups is 2. The minimum Gasteiger partial charge on any atom is -0.472 e. The molecule has 0 spiro atoms. The van der Waals surface area contributed by atoms with Gasteiger partial charge in [-0.2, -0.15) is 0 Å². The Labute approximate surface area is 147 Å². The van der Waals surface area contributed by atoms with E-state index in [0.29, 0.717) is 5.56 Å². The Bertz CT molecular complexity index is 775. The minimum absolute atomic E-state index is 0.230. The summed E-state index contributed by atoms with van der Waals surface area (Å²) in [5, 5.41) is 17.8. The lowest BCUT2D eigenvalue weighted by Crippen LogP contribution is -2.46. The van der Waals surface area contributed by atoms with E-state index in [4.69, 9.17) is 8.83 Å². The lowest BCUT2D eigenvalue weighted by Gasteiger charge is -2.25. The Hall–Kier alpha value is -2.84. The van der Waals surface area contributed by atoms with Gasteiger partial charge in [-0.05, 0) is 29.6 Å². The molecule has 0 aliphatic rings. The number of hydrogen-bond donors (Lipinski definition) is 3. The molecule has 3 rings (SSSR count). The number of rotatable bonds is 6. The van der Waals surface area contributed by atoms with Crippen LogP contribution in [0.1, 0.15) is 16.2 Å². The molecule has 0 saturated heterocycles. The first kappa shape index (κ1) is 17.0. The lowest BCUT2D eigenvalue weighted by atomic mass is 9.93. The van der Waals surface area contributed by atoms with Crippen molar-refractivity contribution in [1.29, 1.82) is 0 Å². The molecule has 0 aliphatic heterocycles. The molecule has 7 nitrogen and oxygen atoms in total. The van der Waals surface area contributed by atoms with Crippen molar-refractivity contribution in [3.63, 3.8) is 0 Å². The minimum atomic E-state index is -1.64. The van der Waals surface area contributed by atoms with E-state index >= 15 is 0 Å². The molecule has 0 saturated carbocycles. The van der Waals surface area contributed by atoms with E-state index in [1.165, 1.54) is 30.1 Å². The summed E-state index contributed by atoms with van der Waals surface area (Å²) in [4.78, 5) is 24.8. The Balaban J connectivity index is 1.63. The molecule has 0 aliphatic carbocycles. The van der Waals surface area contributed by atoms with Gasteiger partial charge in [0.05, 0.1) is 31.9 Å². The van der Waals surface area contributed by atoms with Crippen LogP contribution in [0.5, 0.6) is 0 Å². The van der Waals surface area contributed by atoms with Gasteiger partial charge in [-0.25, -0.2) is 0 Å². The van der Waals surface area contributed by atoms with Gasteiger partial charge >= 0.3 is 11.8 Å². The van der Waals surface area contributed by atoms with E-state index in [-0.39, 0.29) is 18.8 Å². The first-order chi connectivity index (χ1) is 12.1. The van der Waals surface area contributed by atoms with Crippen molar-refractivity contribution in [3.8, 4) is 0 Å². The highest BCUT2D eigenvalue weighted by Gasteiger charge is 2.36. The average molecular weight is 360 g/mol. The van der Waals surface area contributed by atoms with Crippen LogP contribution >= 0.6 is 11.3 Å². The maximum Gasteiger partial charge on any atom is 0.309 e. The van der Waals surface area contributed by atoms with Gasteiger partial charge in [-0.15, -0.1) is 11.3 Å². The van der Waals surface area contributed by atoms with Gasteiger partial charge in [0.25, 0.3) is 0 Å². The van der Waals surface area contributed by atoms with Crippen LogP contribution in [0.15, 0.2) is 63.3 Å². The van der Waals surface area contributed by atoms with E-state index in [9.17, 15) is 14.7 Å². The summed E-state index contributed by atoms with van der Waals surface area (Å²) in [6.45, 7) is 0.0272. The largest absolute Gasteiger partial charge is 0.472 e. The van der Waals surface area contributed by atoms with Crippen LogP contribution in [0.2, 0.25) is 0 Å². The highest BCUT2D eigenvalue weighted by molar-refractivity contribution is 7.09. The van der Waals surface area contributed by atoms with Crippen LogP contribution in [0, 0.1) is 0 Å². The molecule has 130 valence electrons. The molecule has 0 unspecified atom stereocenters. The van der Waals surface area contributed by atoms with Gasteiger partial charge < -0.3 is 24.6 Å². The number of amides is 2. The fourth-order valence-corrected chi connectivity index (χ4v) is 2.94. The Kier molecular flexibility index (Phi) is 5.01. The third-order valence-corrected chi connectivity index (χ3v) is 4.52. The van der Waals surface area contributed by atoms with Crippen LogP contribution in [-0.2, 0) is 21.7 Å². The van der Waals surface area contributed by atoms with Gasteiger partial charge in [0, 0.05) is 10.4 Å². The molecule has 1 atom stereocenters. The molecule has 25 heavy (non-hydrogen) atoms. The summed E-state index contributed by atoms with van der Waals surface area (Å²) in [5.41, 5.74) is -1.23. The lowest BCUT2D eigenvalue weighted by molar-refractivity contribution is -0.139. The van der Waals surface area contributed by atoms with Crippen molar-refractivity contribution in [3.05, 3.63) is 70.7 Å². The number of hydrogen-bond acceptors (Lipinski definition) is 6. The Morgan fingerprint density at radius 3 is 2.60 bits per heavy atom. The quantitative estimate of drug-likeness (QED) is 0.579. The summed E-state index contributed by atoms with van der Waals surface area (Å²) in [6, 6.07) is 8.48. The first-order valence-corrected chi connectivity index (χ1v) is 8.35. The van der Waals surface area contributed by atoms with Gasteiger partial charge in [-0.1, -0.05) is 6.07 Å². The van der Waals surface area contributed by atoms with Crippen LogP contribution in [0.4, 0.5) is 0 Å². The van der Waals surface area contributed by atoms with E-state index in [2.05, 4.69) is 10.6 Å². The van der Waals surface area contributed by atoms with Gasteiger partial charge in [-0.3, -0.25) is 9.59 Å². The molecule has 0 radical (unpaired) electrons. The molecule has 2 amide bonds. The maximum absolute atomic E-state index is 12.0. The zero-order chi connectivity index (χ0) is 17.7. The standard InChI is InChI=1S/C17H16N2O5S/c20-15(18-9-13-3-2-8-25-13)16(21)19-11-17(22,12-5-7-23-10-12)14-4-1-6-24-14/h1-8,10,22H,9,11H2,(H,18,20)(H,19,21)/t17-/m1/s1. The SMILES string of the molecule is O=C(NCc1cccs1)C(=O)NC[C@@](O)(c1ccoc1)c1ccco1. The number of nitrogens with one attached hydrogen (secondary N) is 2. The Morgan fingerprint density at radius 2 is 1.96 bits per heavy atom.